The number of nitrogens with one attached hydrogen (secondary N) is 2. The Morgan fingerprint density at radius 1 is 1.03 bits per heavy atom. The lowest BCUT2D eigenvalue weighted by Gasteiger charge is -2.32. The van der Waals surface area contributed by atoms with Gasteiger partial charge < -0.3 is 15.0 Å². The zero-order valence-corrected chi connectivity index (χ0v) is 18.4. The number of hydrogen-bond acceptors (Lipinski definition) is 5. The van der Waals surface area contributed by atoms with E-state index in [0.29, 0.717) is 38.0 Å². The molecule has 1 saturated heterocycles. The van der Waals surface area contributed by atoms with Crippen LogP contribution < -0.4 is 14.8 Å². The first-order valence-corrected chi connectivity index (χ1v) is 11.6. The van der Waals surface area contributed by atoms with Crippen molar-refractivity contribution in [1.29, 1.82) is 0 Å². The molecule has 8 nitrogen and oxygen atoms in total. The van der Waals surface area contributed by atoms with Crippen LogP contribution >= 0.6 is 0 Å². The molecule has 31 heavy (non-hydrogen) atoms. The van der Waals surface area contributed by atoms with E-state index < -0.39 is 10.0 Å². The number of likely N-dealkylation sites (tertiary alicyclic amines) is 1. The summed E-state index contributed by atoms with van der Waals surface area (Å²) in [5, 5.41) is 2.61. The van der Waals surface area contributed by atoms with Gasteiger partial charge in [-0.15, -0.1) is 0 Å². The Morgan fingerprint density at radius 2 is 1.65 bits per heavy atom. The van der Waals surface area contributed by atoms with Gasteiger partial charge in [0.1, 0.15) is 5.75 Å². The smallest absolute Gasteiger partial charge is 0.240 e. The summed E-state index contributed by atoms with van der Waals surface area (Å²) in [5.74, 6) is 0.552. The van der Waals surface area contributed by atoms with Crippen LogP contribution in [-0.4, -0.2) is 51.4 Å². The average Bonchev–Trinajstić information content (AvgIpc) is 2.74. The minimum absolute atomic E-state index is 0.0278. The van der Waals surface area contributed by atoms with Gasteiger partial charge in [0.05, 0.1) is 18.4 Å². The average molecular weight is 446 g/mol. The van der Waals surface area contributed by atoms with E-state index in [4.69, 9.17) is 4.74 Å². The molecular formula is C22H27N3O5S. The van der Waals surface area contributed by atoms with Crippen LogP contribution in [0, 0.1) is 0 Å². The summed E-state index contributed by atoms with van der Waals surface area (Å²) in [6.45, 7) is 2.40. The molecule has 1 aliphatic rings. The molecule has 0 atom stereocenters. The van der Waals surface area contributed by atoms with Crippen molar-refractivity contribution in [1.82, 2.24) is 9.62 Å². The molecule has 1 aliphatic heterocycles. The molecule has 0 aromatic heterocycles. The molecule has 3 rings (SSSR count). The minimum atomic E-state index is -3.68. The van der Waals surface area contributed by atoms with Crippen LogP contribution in [-0.2, 0) is 26.0 Å². The van der Waals surface area contributed by atoms with E-state index >= 15 is 0 Å². The second-order valence-electron chi connectivity index (χ2n) is 7.51. The zero-order chi connectivity index (χ0) is 22.4. The summed E-state index contributed by atoms with van der Waals surface area (Å²) in [6.07, 6.45) is 1.41. The number of amides is 2. The van der Waals surface area contributed by atoms with Crippen molar-refractivity contribution in [3.8, 4) is 5.75 Å². The Hall–Kier alpha value is -2.91. The third-order valence-electron chi connectivity index (χ3n) is 5.17. The maximum absolute atomic E-state index is 12.7. The number of rotatable bonds is 7. The topological polar surface area (TPSA) is 105 Å². The summed E-state index contributed by atoms with van der Waals surface area (Å²) < 4.78 is 33.2. The summed E-state index contributed by atoms with van der Waals surface area (Å²) in [4.78, 5) is 25.6. The number of methoxy groups -OCH3 is 1. The SMILES string of the molecule is COc1ccc(CC(=O)N2CCC(NS(=O)(=O)c3ccc(NC(C)=O)cc3)CC2)cc1. The number of nitrogens with zero attached hydrogens (tertiary/aromatic N) is 1. The highest BCUT2D eigenvalue weighted by Crippen LogP contribution is 2.18. The highest BCUT2D eigenvalue weighted by molar-refractivity contribution is 7.89. The maximum atomic E-state index is 12.7. The van der Waals surface area contributed by atoms with E-state index in [1.165, 1.54) is 19.1 Å². The van der Waals surface area contributed by atoms with E-state index in [9.17, 15) is 18.0 Å². The molecule has 2 amide bonds. The Morgan fingerprint density at radius 3 is 2.19 bits per heavy atom. The van der Waals surface area contributed by atoms with Gasteiger partial charge in [0.25, 0.3) is 0 Å². The van der Waals surface area contributed by atoms with Gasteiger partial charge in [0, 0.05) is 31.7 Å². The molecule has 0 spiro atoms. The van der Waals surface area contributed by atoms with Gasteiger partial charge in [-0.3, -0.25) is 9.59 Å². The molecule has 2 N–H and O–H groups in total. The number of piperidine rings is 1. The van der Waals surface area contributed by atoms with E-state index in [1.54, 1.807) is 24.1 Å². The highest BCUT2D eigenvalue weighted by Gasteiger charge is 2.26. The molecule has 0 saturated carbocycles. The third-order valence-corrected chi connectivity index (χ3v) is 6.71. The molecule has 9 heteroatoms. The second-order valence-corrected chi connectivity index (χ2v) is 9.22. The normalized spacial score (nSPS) is 14.8. The molecular weight excluding hydrogens is 418 g/mol. The fourth-order valence-corrected chi connectivity index (χ4v) is 4.79. The van der Waals surface area contributed by atoms with E-state index in [2.05, 4.69) is 10.0 Å². The van der Waals surface area contributed by atoms with Gasteiger partial charge in [0.15, 0.2) is 0 Å². The Balaban J connectivity index is 1.51. The predicted octanol–water partition coefficient (Wildman–Crippen LogP) is 2.17. The van der Waals surface area contributed by atoms with Crippen LogP contribution in [0.2, 0.25) is 0 Å². The largest absolute Gasteiger partial charge is 0.497 e. The van der Waals surface area contributed by atoms with Crippen molar-refractivity contribution in [3.05, 3.63) is 54.1 Å². The van der Waals surface area contributed by atoms with E-state index in [0.717, 1.165) is 11.3 Å². The quantitative estimate of drug-likeness (QED) is 0.680. The number of ether oxygens (including phenoxy) is 1. The van der Waals surface area contributed by atoms with Crippen molar-refractivity contribution < 1.29 is 22.7 Å². The van der Waals surface area contributed by atoms with Crippen LogP contribution in [0.4, 0.5) is 5.69 Å². The Labute approximate surface area is 182 Å². The number of carbonyl (C=O) groups is 2. The zero-order valence-electron chi connectivity index (χ0n) is 17.6. The summed E-state index contributed by atoms with van der Waals surface area (Å²) in [7, 11) is -2.08. The lowest BCUT2D eigenvalue weighted by Crippen LogP contribution is -2.46. The number of hydrogen-bond donors (Lipinski definition) is 2. The summed E-state index contributed by atoms with van der Waals surface area (Å²) in [5.41, 5.74) is 1.45. The van der Waals surface area contributed by atoms with Crippen molar-refractivity contribution in [2.75, 3.05) is 25.5 Å². The molecule has 0 aliphatic carbocycles. The van der Waals surface area contributed by atoms with Crippen LogP contribution in [0.15, 0.2) is 53.4 Å². The second kappa shape index (κ2) is 9.93. The van der Waals surface area contributed by atoms with Crippen molar-refractivity contribution >= 4 is 27.5 Å². The van der Waals surface area contributed by atoms with Crippen LogP contribution in [0.1, 0.15) is 25.3 Å². The first-order valence-electron chi connectivity index (χ1n) is 10.1. The van der Waals surface area contributed by atoms with Gasteiger partial charge in [-0.1, -0.05) is 12.1 Å². The third kappa shape index (κ3) is 6.28. The Bertz CT molecular complexity index is 1010. The molecule has 1 heterocycles. The first kappa shape index (κ1) is 22.8. The lowest BCUT2D eigenvalue weighted by molar-refractivity contribution is -0.131. The fourth-order valence-electron chi connectivity index (χ4n) is 3.48. The minimum Gasteiger partial charge on any atom is -0.497 e. The molecule has 2 aromatic carbocycles. The standard InChI is InChI=1S/C22H27N3O5S/c1-16(26)23-18-5-9-21(10-6-18)31(28,29)24-19-11-13-25(14-12-19)22(27)15-17-3-7-20(30-2)8-4-17/h3-10,19,24H,11-15H2,1-2H3,(H,23,26). The molecule has 0 unspecified atom stereocenters. The van der Waals surface area contributed by atoms with Crippen LogP contribution in [0.5, 0.6) is 5.75 Å². The van der Waals surface area contributed by atoms with Gasteiger partial charge in [0.2, 0.25) is 21.8 Å². The molecule has 166 valence electrons. The molecule has 2 aromatic rings. The monoisotopic (exact) mass is 445 g/mol. The molecule has 0 radical (unpaired) electrons. The first-order chi connectivity index (χ1) is 14.8. The fraction of sp³-hybridized carbons (Fsp3) is 0.364. The van der Waals surface area contributed by atoms with Gasteiger partial charge in [-0.05, 0) is 54.8 Å². The highest BCUT2D eigenvalue weighted by atomic mass is 32.2. The van der Waals surface area contributed by atoms with Crippen LogP contribution in [0.25, 0.3) is 0 Å². The molecule has 1 fully saturated rings. The van der Waals surface area contributed by atoms with Gasteiger partial charge >= 0.3 is 0 Å². The summed E-state index contributed by atoms with van der Waals surface area (Å²) >= 11 is 0. The van der Waals surface area contributed by atoms with Crippen LogP contribution in [0.3, 0.4) is 0 Å². The number of benzene rings is 2. The van der Waals surface area contributed by atoms with Crippen molar-refractivity contribution in [2.45, 2.75) is 37.1 Å². The number of carbonyl (C=O) groups excluding carboxylic acids is 2. The van der Waals surface area contributed by atoms with E-state index in [-0.39, 0.29) is 22.8 Å². The van der Waals surface area contributed by atoms with E-state index in [1.807, 2.05) is 24.3 Å². The maximum Gasteiger partial charge on any atom is 0.240 e. The van der Waals surface area contributed by atoms with Crippen molar-refractivity contribution in [3.63, 3.8) is 0 Å². The molecule has 0 bridgehead atoms. The van der Waals surface area contributed by atoms with Gasteiger partial charge in [-0.2, -0.15) is 0 Å². The predicted molar refractivity (Wildman–Crippen MR) is 117 cm³/mol. The Kier molecular flexibility index (Phi) is 7.29. The number of sulfonamides is 1. The lowest BCUT2D eigenvalue weighted by atomic mass is 10.0. The number of anilines is 1. The van der Waals surface area contributed by atoms with Crippen molar-refractivity contribution in [2.24, 2.45) is 0 Å². The summed E-state index contributed by atoms with van der Waals surface area (Å²) in [6, 6.07) is 13.2. The van der Waals surface area contributed by atoms with Gasteiger partial charge in [-0.25, -0.2) is 13.1 Å².